The number of likely N-dealkylation sites (N-methyl/N-ethyl adjacent to an activating group) is 1. The summed E-state index contributed by atoms with van der Waals surface area (Å²) < 4.78 is 72.3. The molecule has 252 valence electrons. The summed E-state index contributed by atoms with van der Waals surface area (Å²) in [6.45, 7) is 11.2. The second-order valence-electron chi connectivity index (χ2n) is 12.7. The first-order chi connectivity index (χ1) is 21.9. The van der Waals surface area contributed by atoms with Gasteiger partial charge in [-0.3, -0.25) is 0 Å². The summed E-state index contributed by atoms with van der Waals surface area (Å²) in [6, 6.07) is 8.90. The minimum Gasteiger partial charge on any atom is -0.744 e. The average molecular weight is 727 g/mol. The van der Waals surface area contributed by atoms with Crippen LogP contribution in [0.5, 0.6) is 0 Å². The number of unbranched alkanes of at least 4 members (excludes halogenated alkanes) is 2. The van der Waals surface area contributed by atoms with E-state index in [1.54, 1.807) is 12.1 Å². The fourth-order valence-corrected chi connectivity index (χ4v) is 7.40. The van der Waals surface area contributed by atoms with E-state index >= 15 is 0 Å². The Morgan fingerprint density at radius 2 is 1.37 bits per heavy atom. The van der Waals surface area contributed by atoms with E-state index in [0.717, 1.165) is 33.9 Å². The number of carbonyl (C=O) groups excluding carboxylic acids is 1. The number of benzene rings is 2. The van der Waals surface area contributed by atoms with Crippen LogP contribution in [0.1, 0.15) is 71.4 Å². The number of carboxylic acid groups (broad SMARTS) is 1. The van der Waals surface area contributed by atoms with Crippen LogP contribution in [0.3, 0.4) is 0 Å². The van der Waals surface area contributed by atoms with Gasteiger partial charge in [-0.25, -0.2) is 16.8 Å². The molecule has 14 heteroatoms. The summed E-state index contributed by atoms with van der Waals surface area (Å²) in [6.07, 6.45) is 15.2. The summed E-state index contributed by atoms with van der Waals surface area (Å²) in [5.41, 5.74) is 3.90. The van der Waals surface area contributed by atoms with E-state index in [4.69, 9.17) is 0 Å². The van der Waals surface area contributed by atoms with Crippen LogP contribution < -0.4 is 69.1 Å². The fourth-order valence-electron chi connectivity index (χ4n) is 6.40. The molecule has 0 saturated carbocycles. The van der Waals surface area contributed by atoms with Crippen LogP contribution in [0.2, 0.25) is 0 Å². The third-order valence-electron chi connectivity index (χ3n) is 8.84. The number of anilines is 1. The third kappa shape index (κ3) is 9.73. The van der Waals surface area contributed by atoms with Crippen molar-refractivity contribution in [3.8, 4) is 0 Å². The van der Waals surface area contributed by atoms with Crippen LogP contribution in [0.4, 0.5) is 11.4 Å². The zero-order valence-electron chi connectivity index (χ0n) is 29.2. The maximum absolute atomic E-state index is 11.8. The molecule has 10 nitrogen and oxygen atoms in total. The SMILES string of the molecule is CCN1C(=CC=CC=CC=CC2=[N+](CCCCCC(=O)[O-])c3ccc(S(=O)(=O)[O-])cc3C2(C)C)C(C)(C)c2cc(S(=O)(=O)[O-])ccc21.[Na+].[Na+]. The zero-order chi connectivity index (χ0) is 34.8. The summed E-state index contributed by atoms with van der Waals surface area (Å²) in [5, 5.41) is 10.8. The van der Waals surface area contributed by atoms with Gasteiger partial charge in [0, 0.05) is 53.4 Å². The molecule has 0 saturated heterocycles. The molecule has 0 unspecified atom stereocenters. The van der Waals surface area contributed by atoms with Gasteiger partial charge in [-0.05, 0) is 82.0 Å². The second kappa shape index (κ2) is 17.1. The van der Waals surface area contributed by atoms with Crippen molar-refractivity contribution in [1.29, 1.82) is 0 Å². The predicted molar refractivity (Wildman–Crippen MR) is 177 cm³/mol. The van der Waals surface area contributed by atoms with Gasteiger partial charge < -0.3 is 23.9 Å². The maximum Gasteiger partial charge on any atom is 1.00 e. The Kier molecular flexibility index (Phi) is 15.1. The minimum atomic E-state index is -4.63. The molecule has 0 atom stereocenters. The van der Waals surface area contributed by atoms with Gasteiger partial charge in [0.25, 0.3) is 0 Å². The van der Waals surface area contributed by atoms with Crippen molar-refractivity contribution in [2.75, 3.05) is 18.0 Å². The molecule has 0 aromatic heterocycles. The van der Waals surface area contributed by atoms with E-state index < -0.39 is 37.0 Å². The van der Waals surface area contributed by atoms with Crippen LogP contribution in [0, 0.1) is 0 Å². The van der Waals surface area contributed by atoms with Crippen molar-refractivity contribution in [3.63, 3.8) is 0 Å². The summed E-state index contributed by atoms with van der Waals surface area (Å²) in [4.78, 5) is 12.4. The number of aliphatic carboxylic acids is 1. The Balaban J connectivity index is 0.00000417. The van der Waals surface area contributed by atoms with E-state index in [0.29, 0.717) is 32.4 Å². The van der Waals surface area contributed by atoms with Crippen LogP contribution in [0.25, 0.3) is 0 Å². The smallest absolute Gasteiger partial charge is 0.744 e. The molecule has 49 heavy (non-hydrogen) atoms. The van der Waals surface area contributed by atoms with E-state index in [-0.39, 0.29) is 75.3 Å². The molecular formula is C35H40N2Na2O8S2. The Labute approximate surface area is 334 Å². The number of allylic oxidation sites excluding steroid dienone is 8. The van der Waals surface area contributed by atoms with Crippen LogP contribution in [0.15, 0.2) is 94.4 Å². The van der Waals surface area contributed by atoms with E-state index in [1.165, 1.54) is 24.3 Å². The van der Waals surface area contributed by atoms with Gasteiger partial charge >= 0.3 is 59.1 Å². The van der Waals surface area contributed by atoms with Crippen molar-refractivity contribution in [3.05, 3.63) is 95.8 Å². The number of fused-ring (bicyclic) bond motifs is 2. The number of carbonyl (C=O) groups is 1. The van der Waals surface area contributed by atoms with Gasteiger partial charge in [0.15, 0.2) is 5.71 Å². The third-order valence-corrected chi connectivity index (χ3v) is 10.5. The normalized spacial score (nSPS) is 17.5. The number of rotatable bonds is 13. The van der Waals surface area contributed by atoms with Crippen molar-refractivity contribution < 1.29 is 99.5 Å². The van der Waals surface area contributed by atoms with Gasteiger partial charge in [-0.1, -0.05) is 44.2 Å². The molecule has 2 aliphatic heterocycles. The average Bonchev–Trinajstić information content (AvgIpc) is 3.33. The van der Waals surface area contributed by atoms with Crippen LogP contribution >= 0.6 is 0 Å². The molecule has 0 fully saturated rings. The van der Waals surface area contributed by atoms with Gasteiger partial charge in [0.2, 0.25) is 5.69 Å². The first kappa shape index (κ1) is 43.3. The Morgan fingerprint density at radius 1 is 0.796 bits per heavy atom. The second-order valence-corrected chi connectivity index (χ2v) is 15.4. The van der Waals surface area contributed by atoms with Crippen LogP contribution in [-0.2, 0) is 35.9 Å². The summed E-state index contributed by atoms with van der Waals surface area (Å²) in [7, 11) is -9.21. The number of carboxylic acids is 1. The van der Waals surface area contributed by atoms with Crippen molar-refractivity contribution in [2.45, 2.75) is 80.9 Å². The molecule has 0 bridgehead atoms. The number of nitrogens with zero attached hydrogens (tertiary/aromatic N) is 2. The van der Waals surface area contributed by atoms with Crippen molar-refractivity contribution >= 4 is 43.3 Å². The fraction of sp³-hybridized carbons (Fsp3) is 0.371. The summed E-state index contributed by atoms with van der Waals surface area (Å²) >= 11 is 0. The quantitative estimate of drug-likeness (QED) is 0.0792. The Bertz CT molecular complexity index is 1940. The van der Waals surface area contributed by atoms with E-state index in [1.807, 2.05) is 77.2 Å². The maximum atomic E-state index is 11.8. The zero-order valence-corrected chi connectivity index (χ0v) is 34.9. The monoisotopic (exact) mass is 726 g/mol. The molecule has 0 spiro atoms. The van der Waals surface area contributed by atoms with Crippen molar-refractivity contribution in [1.82, 2.24) is 0 Å². The molecule has 2 aromatic rings. The molecule has 0 radical (unpaired) electrons. The minimum absolute atomic E-state index is 0. The van der Waals surface area contributed by atoms with E-state index in [2.05, 4.69) is 9.48 Å². The molecule has 0 aliphatic carbocycles. The molecule has 0 N–H and O–H groups in total. The molecule has 2 aliphatic rings. The first-order valence-corrected chi connectivity index (χ1v) is 18.3. The van der Waals surface area contributed by atoms with Crippen LogP contribution in [-0.4, -0.2) is 55.3 Å². The Morgan fingerprint density at radius 3 is 1.96 bits per heavy atom. The van der Waals surface area contributed by atoms with Gasteiger partial charge in [0.05, 0.1) is 15.2 Å². The predicted octanol–water partition coefficient (Wildman–Crippen LogP) is -1.44. The molecule has 4 rings (SSSR count). The first-order valence-electron chi connectivity index (χ1n) is 15.5. The van der Waals surface area contributed by atoms with Gasteiger partial charge in [-0.15, -0.1) is 0 Å². The standard InChI is InChI=1S/C35H42N2O8S2.2Na/c1-6-36-29-20-18-25(46(40,41)42)23-27(29)34(2,3)31(36)15-11-8-7-9-12-16-32-35(4,5)28-24-26(47(43,44)45)19-21-30(28)37(32)22-14-10-13-17-33(38)39;;/h7-9,11-12,15-16,18-21,23-24H,6,10,13-14,17,22H2,1-5H3,(H2-,38,39,40,41,42,43,44,45);;/q;2*+1/p-2. The van der Waals surface area contributed by atoms with Crippen molar-refractivity contribution in [2.24, 2.45) is 0 Å². The molecule has 0 amide bonds. The van der Waals surface area contributed by atoms with Gasteiger partial charge in [-0.2, -0.15) is 4.58 Å². The largest absolute Gasteiger partial charge is 1.00 e. The van der Waals surface area contributed by atoms with Gasteiger partial charge in [0.1, 0.15) is 26.8 Å². The molecule has 2 heterocycles. The number of hydrogen-bond donors (Lipinski definition) is 0. The Hall–Kier alpha value is -1.84. The molecule has 2 aromatic carbocycles. The topological polar surface area (TPSA) is 161 Å². The number of hydrogen-bond acceptors (Lipinski definition) is 9. The molecular weight excluding hydrogens is 687 g/mol. The summed E-state index contributed by atoms with van der Waals surface area (Å²) in [5.74, 6) is -1.08. The van der Waals surface area contributed by atoms with E-state index in [9.17, 15) is 35.8 Å².